The number of primary amides is 1. The molecule has 2 atom stereocenters. The summed E-state index contributed by atoms with van der Waals surface area (Å²) in [7, 11) is 0. The first-order chi connectivity index (χ1) is 7.75. The second kappa shape index (κ2) is 6.88. The molecule has 0 radical (unpaired) electrons. The predicted molar refractivity (Wildman–Crippen MR) is 62.0 cm³/mol. The lowest BCUT2D eigenvalue weighted by Gasteiger charge is -2.19. The number of carbonyl (C=O) groups excluding carboxylic acids is 2. The van der Waals surface area contributed by atoms with E-state index in [9.17, 15) is 14.4 Å². The van der Waals surface area contributed by atoms with E-state index in [1.807, 2.05) is 13.8 Å². The van der Waals surface area contributed by atoms with Crippen LogP contribution >= 0.6 is 0 Å². The van der Waals surface area contributed by atoms with E-state index < -0.39 is 17.9 Å². The fourth-order valence-corrected chi connectivity index (χ4v) is 1.15. The molecule has 98 valence electrons. The Balaban J connectivity index is 4.39. The summed E-state index contributed by atoms with van der Waals surface area (Å²) in [5, 5.41) is 11.3. The van der Waals surface area contributed by atoms with Crippen LogP contribution in [0.15, 0.2) is 0 Å². The van der Waals surface area contributed by atoms with Gasteiger partial charge in [-0.1, -0.05) is 20.8 Å². The quantitative estimate of drug-likeness (QED) is 0.590. The molecule has 6 heteroatoms. The van der Waals surface area contributed by atoms with Gasteiger partial charge in [0.15, 0.2) is 0 Å². The maximum Gasteiger partial charge on any atom is 0.326 e. The summed E-state index contributed by atoms with van der Waals surface area (Å²) in [6.07, 6.45) is -0.0471. The number of hydrogen-bond acceptors (Lipinski definition) is 3. The Bertz CT molecular complexity index is 302. The zero-order valence-corrected chi connectivity index (χ0v) is 10.4. The Hall–Kier alpha value is -1.59. The summed E-state index contributed by atoms with van der Waals surface area (Å²) in [6, 6.07) is -1.06. The molecule has 0 heterocycles. The number of rotatable bonds is 7. The highest BCUT2D eigenvalue weighted by atomic mass is 16.4. The monoisotopic (exact) mass is 244 g/mol. The van der Waals surface area contributed by atoms with Gasteiger partial charge in [0.1, 0.15) is 6.04 Å². The number of carboxylic acids is 1. The molecule has 0 aromatic rings. The first kappa shape index (κ1) is 15.4. The molecule has 0 saturated heterocycles. The molecule has 0 aliphatic rings. The molecule has 2 amide bonds. The minimum atomic E-state index is -1.16. The molecule has 2 unspecified atom stereocenters. The van der Waals surface area contributed by atoms with E-state index in [-0.39, 0.29) is 30.6 Å². The highest BCUT2D eigenvalue weighted by Crippen LogP contribution is 2.10. The SMILES string of the molecule is CC(C)C(C)C(=O)NC(CCC(N)=O)C(=O)O. The van der Waals surface area contributed by atoms with Gasteiger partial charge in [-0.15, -0.1) is 0 Å². The van der Waals surface area contributed by atoms with Crippen molar-refractivity contribution in [1.82, 2.24) is 5.32 Å². The first-order valence-corrected chi connectivity index (χ1v) is 5.57. The summed E-state index contributed by atoms with van der Waals surface area (Å²) in [6.45, 7) is 5.49. The normalized spacial score (nSPS) is 14.1. The molecule has 0 fully saturated rings. The van der Waals surface area contributed by atoms with Gasteiger partial charge in [0.2, 0.25) is 11.8 Å². The maximum atomic E-state index is 11.7. The van der Waals surface area contributed by atoms with Crippen molar-refractivity contribution in [3.63, 3.8) is 0 Å². The number of carbonyl (C=O) groups is 3. The average molecular weight is 244 g/mol. The topological polar surface area (TPSA) is 109 Å². The van der Waals surface area contributed by atoms with Crippen LogP contribution in [0.3, 0.4) is 0 Å². The largest absolute Gasteiger partial charge is 0.480 e. The molecule has 0 bridgehead atoms. The van der Waals surface area contributed by atoms with Crippen molar-refractivity contribution in [3.05, 3.63) is 0 Å². The second-order valence-electron chi connectivity index (χ2n) is 4.44. The molecule has 17 heavy (non-hydrogen) atoms. The number of hydrogen-bond donors (Lipinski definition) is 3. The Labute approximate surface area is 101 Å². The summed E-state index contributed by atoms with van der Waals surface area (Å²) in [4.78, 5) is 33.1. The van der Waals surface area contributed by atoms with Crippen molar-refractivity contribution in [3.8, 4) is 0 Å². The fourth-order valence-electron chi connectivity index (χ4n) is 1.15. The van der Waals surface area contributed by atoms with Gasteiger partial charge >= 0.3 is 5.97 Å². The number of aliphatic carboxylic acids is 1. The smallest absolute Gasteiger partial charge is 0.326 e. The van der Waals surface area contributed by atoms with Crippen LogP contribution in [-0.4, -0.2) is 28.9 Å². The van der Waals surface area contributed by atoms with E-state index >= 15 is 0 Å². The van der Waals surface area contributed by atoms with Gasteiger partial charge in [-0.05, 0) is 12.3 Å². The van der Waals surface area contributed by atoms with E-state index in [0.717, 1.165) is 0 Å². The molecule has 4 N–H and O–H groups in total. The average Bonchev–Trinajstić information content (AvgIpc) is 2.21. The Kier molecular flexibility index (Phi) is 6.23. The van der Waals surface area contributed by atoms with Gasteiger partial charge < -0.3 is 16.2 Å². The standard InChI is InChI=1S/C11H20N2O4/c1-6(2)7(3)10(15)13-8(11(16)17)4-5-9(12)14/h6-8H,4-5H2,1-3H3,(H2,12,14)(H,13,15)(H,16,17). The summed E-state index contributed by atoms with van der Waals surface area (Å²) in [5.74, 6) is -2.21. The van der Waals surface area contributed by atoms with E-state index in [2.05, 4.69) is 5.32 Å². The van der Waals surface area contributed by atoms with Crippen molar-refractivity contribution in [1.29, 1.82) is 0 Å². The molecule has 0 aromatic carbocycles. The van der Waals surface area contributed by atoms with Gasteiger partial charge in [-0.3, -0.25) is 9.59 Å². The van der Waals surface area contributed by atoms with E-state index in [1.54, 1.807) is 6.92 Å². The van der Waals surface area contributed by atoms with Crippen molar-refractivity contribution in [2.24, 2.45) is 17.6 Å². The molecule has 0 aliphatic heterocycles. The zero-order chi connectivity index (χ0) is 13.6. The van der Waals surface area contributed by atoms with E-state index in [0.29, 0.717) is 0 Å². The van der Waals surface area contributed by atoms with E-state index in [1.165, 1.54) is 0 Å². The highest BCUT2D eigenvalue weighted by molar-refractivity contribution is 5.85. The van der Waals surface area contributed by atoms with Crippen LogP contribution < -0.4 is 11.1 Å². The highest BCUT2D eigenvalue weighted by Gasteiger charge is 2.24. The third-order valence-electron chi connectivity index (χ3n) is 2.71. The van der Waals surface area contributed by atoms with Gasteiger partial charge in [0.25, 0.3) is 0 Å². The van der Waals surface area contributed by atoms with Gasteiger partial charge in [0.05, 0.1) is 0 Å². The van der Waals surface area contributed by atoms with Gasteiger partial charge in [-0.2, -0.15) is 0 Å². The number of nitrogens with two attached hydrogens (primary N) is 1. The third-order valence-corrected chi connectivity index (χ3v) is 2.71. The minimum absolute atomic E-state index is 0.0151. The Morgan fingerprint density at radius 3 is 2.12 bits per heavy atom. The number of nitrogens with one attached hydrogen (secondary N) is 1. The van der Waals surface area contributed by atoms with Crippen LogP contribution in [0.2, 0.25) is 0 Å². The lowest BCUT2D eigenvalue weighted by Crippen LogP contribution is -2.44. The molecule has 0 spiro atoms. The molecule has 0 rings (SSSR count). The number of amides is 2. The fraction of sp³-hybridized carbons (Fsp3) is 0.727. The van der Waals surface area contributed by atoms with Crippen LogP contribution in [-0.2, 0) is 14.4 Å². The molecule has 0 saturated carbocycles. The molecule has 0 aromatic heterocycles. The van der Waals surface area contributed by atoms with Crippen molar-refractivity contribution >= 4 is 17.8 Å². The van der Waals surface area contributed by atoms with Crippen molar-refractivity contribution in [2.75, 3.05) is 0 Å². The number of carboxylic acid groups (broad SMARTS) is 1. The van der Waals surface area contributed by atoms with Crippen LogP contribution in [0.5, 0.6) is 0 Å². The van der Waals surface area contributed by atoms with Gasteiger partial charge in [-0.25, -0.2) is 4.79 Å². The van der Waals surface area contributed by atoms with Crippen molar-refractivity contribution in [2.45, 2.75) is 39.7 Å². The summed E-state index contributed by atoms with van der Waals surface area (Å²) in [5.41, 5.74) is 4.94. The van der Waals surface area contributed by atoms with Crippen LogP contribution in [0.1, 0.15) is 33.6 Å². The first-order valence-electron chi connectivity index (χ1n) is 5.57. The molecular weight excluding hydrogens is 224 g/mol. The molecule has 0 aliphatic carbocycles. The lowest BCUT2D eigenvalue weighted by atomic mass is 9.96. The van der Waals surface area contributed by atoms with E-state index in [4.69, 9.17) is 10.8 Å². The summed E-state index contributed by atoms with van der Waals surface area (Å²) < 4.78 is 0. The maximum absolute atomic E-state index is 11.7. The van der Waals surface area contributed by atoms with Crippen molar-refractivity contribution < 1.29 is 19.5 Å². The van der Waals surface area contributed by atoms with Crippen LogP contribution in [0.4, 0.5) is 0 Å². The molecule has 6 nitrogen and oxygen atoms in total. The Morgan fingerprint density at radius 1 is 1.24 bits per heavy atom. The molecular formula is C11H20N2O4. The lowest BCUT2D eigenvalue weighted by molar-refractivity contribution is -0.143. The minimum Gasteiger partial charge on any atom is -0.480 e. The zero-order valence-electron chi connectivity index (χ0n) is 10.4. The second-order valence-corrected chi connectivity index (χ2v) is 4.44. The predicted octanol–water partition coefficient (Wildman–Crippen LogP) is 0.113. The van der Waals surface area contributed by atoms with Crippen LogP contribution in [0.25, 0.3) is 0 Å². The van der Waals surface area contributed by atoms with Gasteiger partial charge in [0, 0.05) is 12.3 Å². The summed E-state index contributed by atoms with van der Waals surface area (Å²) >= 11 is 0. The Morgan fingerprint density at radius 2 is 1.76 bits per heavy atom. The van der Waals surface area contributed by atoms with Crippen LogP contribution in [0, 0.1) is 11.8 Å². The third kappa shape index (κ3) is 5.89.